The third kappa shape index (κ3) is 3.40. The smallest absolute Gasteiger partial charge is 0.410 e. The van der Waals surface area contributed by atoms with Gasteiger partial charge in [-0.15, -0.1) is 0 Å². The molecule has 1 aliphatic carbocycles. The predicted molar refractivity (Wildman–Crippen MR) is 60.8 cm³/mol. The Labute approximate surface area is 92.8 Å². The van der Waals surface area contributed by atoms with Gasteiger partial charge in [-0.3, -0.25) is 0 Å². The SMILES string of the molecule is C[C@@H]1CCC[C@H]1N(C)C(=O)OC(C)(C)C. The minimum absolute atomic E-state index is 0.193. The number of rotatable bonds is 1. The highest BCUT2D eigenvalue weighted by Gasteiger charge is 2.31. The van der Waals surface area contributed by atoms with E-state index in [0.29, 0.717) is 12.0 Å². The van der Waals surface area contributed by atoms with Crippen molar-refractivity contribution in [3.05, 3.63) is 0 Å². The van der Waals surface area contributed by atoms with Crippen LogP contribution >= 0.6 is 0 Å². The zero-order chi connectivity index (χ0) is 11.6. The number of hydrogen-bond acceptors (Lipinski definition) is 2. The van der Waals surface area contributed by atoms with Crippen molar-refractivity contribution >= 4 is 6.09 Å². The third-order valence-corrected chi connectivity index (χ3v) is 3.00. The van der Waals surface area contributed by atoms with Crippen LogP contribution in [0.2, 0.25) is 0 Å². The highest BCUT2D eigenvalue weighted by Crippen LogP contribution is 2.29. The first-order chi connectivity index (χ1) is 6.81. The van der Waals surface area contributed by atoms with Gasteiger partial charge in [-0.05, 0) is 39.5 Å². The summed E-state index contributed by atoms with van der Waals surface area (Å²) < 4.78 is 5.35. The van der Waals surface area contributed by atoms with E-state index in [9.17, 15) is 4.79 Å². The summed E-state index contributed by atoms with van der Waals surface area (Å²) in [4.78, 5) is 13.6. The molecule has 0 aromatic rings. The average molecular weight is 213 g/mol. The molecule has 0 N–H and O–H groups in total. The molecule has 0 heterocycles. The van der Waals surface area contributed by atoms with Crippen LogP contribution in [0.1, 0.15) is 47.0 Å². The lowest BCUT2D eigenvalue weighted by Gasteiger charge is -2.30. The Morgan fingerprint density at radius 1 is 1.33 bits per heavy atom. The quantitative estimate of drug-likeness (QED) is 0.670. The van der Waals surface area contributed by atoms with E-state index in [2.05, 4.69) is 6.92 Å². The number of hydrogen-bond donors (Lipinski definition) is 0. The van der Waals surface area contributed by atoms with Crippen LogP contribution in [0.3, 0.4) is 0 Å². The van der Waals surface area contributed by atoms with E-state index in [1.165, 1.54) is 12.8 Å². The molecule has 0 aromatic carbocycles. The molecule has 1 rings (SSSR count). The van der Waals surface area contributed by atoms with Crippen LogP contribution in [-0.2, 0) is 4.74 Å². The largest absolute Gasteiger partial charge is 0.444 e. The van der Waals surface area contributed by atoms with Crippen molar-refractivity contribution in [3.63, 3.8) is 0 Å². The molecule has 0 aliphatic heterocycles. The van der Waals surface area contributed by atoms with Gasteiger partial charge in [0.25, 0.3) is 0 Å². The van der Waals surface area contributed by atoms with Crippen molar-refractivity contribution < 1.29 is 9.53 Å². The highest BCUT2D eigenvalue weighted by molar-refractivity contribution is 5.68. The molecule has 0 radical (unpaired) electrons. The van der Waals surface area contributed by atoms with Crippen LogP contribution in [0.15, 0.2) is 0 Å². The zero-order valence-corrected chi connectivity index (χ0v) is 10.5. The Bertz CT molecular complexity index is 232. The van der Waals surface area contributed by atoms with Crippen LogP contribution in [0.5, 0.6) is 0 Å². The van der Waals surface area contributed by atoms with E-state index in [4.69, 9.17) is 4.74 Å². The topological polar surface area (TPSA) is 29.5 Å². The maximum Gasteiger partial charge on any atom is 0.410 e. The lowest BCUT2D eigenvalue weighted by atomic mass is 10.1. The van der Waals surface area contributed by atoms with E-state index in [0.717, 1.165) is 6.42 Å². The number of amides is 1. The summed E-state index contributed by atoms with van der Waals surface area (Å²) in [6.07, 6.45) is 3.36. The third-order valence-electron chi connectivity index (χ3n) is 3.00. The first-order valence-corrected chi connectivity index (χ1v) is 5.77. The molecule has 0 aromatic heterocycles. The normalized spacial score (nSPS) is 26.5. The fourth-order valence-corrected chi connectivity index (χ4v) is 2.17. The average Bonchev–Trinajstić information content (AvgIpc) is 2.47. The van der Waals surface area contributed by atoms with Gasteiger partial charge in [0.05, 0.1) is 0 Å². The van der Waals surface area contributed by atoms with Gasteiger partial charge in [-0.1, -0.05) is 13.3 Å². The molecular weight excluding hydrogens is 190 g/mol. The summed E-state index contributed by atoms with van der Waals surface area (Å²) in [6, 6.07) is 0.361. The molecule has 0 spiro atoms. The summed E-state index contributed by atoms with van der Waals surface area (Å²) >= 11 is 0. The van der Waals surface area contributed by atoms with Crippen molar-refractivity contribution in [2.45, 2.75) is 58.6 Å². The first kappa shape index (κ1) is 12.3. The molecular formula is C12H23NO2. The van der Waals surface area contributed by atoms with Gasteiger partial charge in [0.1, 0.15) is 5.60 Å². The van der Waals surface area contributed by atoms with E-state index in [1.54, 1.807) is 4.90 Å². The van der Waals surface area contributed by atoms with E-state index in [-0.39, 0.29) is 6.09 Å². The minimum atomic E-state index is -0.396. The predicted octanol–water partition coefficient (Wildman–Crippen LogP) is 3.04. The van der Waals surface area contributed by atoms with Crippen molar-refractivity contribution in [3.8, 4) is 0 Å². The minimum Gasteiger partial charge on any atom is -0.444 e. The van der Waals surface area contributed by atoms with Crippen molar-refractivity contribution in [1.82, 2.24) is 4.90 Å². The molecule has 3 heteroatoms. The molecule has 1 aliphatic rings. The molecule has 0 bridgehead atoms. The van der Waals surface area contributed by atoms with E-state index in [1.807, 2.05) is 27.8 Å². The lowest BCUT2D eigenvalue weighted by molar-refractivity contribution is 0.0194. The second-order valence-corrected chi connectivity index (χ2v) is 5.57. The Morgan fingerprint density at radius 2 is 1.93 bits per heavy atom. The Balaban J connectivity index is 2.52. The van der Waals surface area contributed by atoms with Crippen molar-refractivity contribution in [1.29, 1.82) is 0 Å². The molecule has 2 atom stereocenters. The summed E-state index contributed by atoms with van der Waals surface area (Å²) in [5.74, 6) is 0.600. The summed E-state index contributed by atoms with van der Waals surface area (Å²) in [6.45, 7) is 7.91. The van der Waals surface area contributed by atoms with Crippen molar-refractivity contribution in [2.75, 3.05) is 7.05 Å². The van der Waals surface area contributed by atoms with Crippen LogP contribution in [0, 0.1) is 5.92 Å². The Morgan fingerprint density at radius 3 is 2.33 bits per heavy atom. The number of ether oxygens (including phenoxy) is 1. The van der Waals surface area contributed by atoms with Gasteiger partial charge in [0.2, 0.25) is 0 Å². The summed E-state index contributed by atoms with van der Waals surface area (Å²) in [5, 5.41) is 0. The molecule has 15 heavy (non-hydrogen) atoms. The van der Waals surface area contributed by atoms with Crippen molar-refractivity contribution in [2.24, 2.45) is 5.92 Å². The zero-order valence-electron chi connectivity index (χ0n) is 10.5. The van der Waals surface area contributed by atoms with Gasteiger partial charge in [-0.2, -0.15) is 0 Å². The molecule has 3 nitrogen and oxygen atoms in total. The standard InChI is InChI=1S/C12H23NO2/c1-9-7-6-8-10(9)13(5)11(14)15-12(2,3)4/h9-10H,6-8H2,1-5H3/t9-,10-/m1/s1. The maximum absolute atomic E-state index is 11.8. The van der Waals surface area contributed by atoms with Crippen LogP contribution in [0.25, 0.3) is 0 Å². The van der Waals surface area contributed by atoms with E-state index < -0.39 is 5.60 Å². The molecule has 0 unspecified atom stereocenters. The van der Waals surface area contributed by atoms with Gasteiger partial charge >= 0.3 is 6.09 Å². The lowest BCUT2D eigenvalue weighted by Crippen LogP contribution is -2.41. The number of carbonyl (C=O) groups excluding carboxylic acids is 1. The van der Waals surface area contributed by atoms with Gasteiger partial charge in [0, 0.05) is 13.1 Å². The van der Waals surface area contributed by atoms with Gasteiger partial charge < -0.3 is 9.64 Å². The fourth-order valence-electron chi connectivity index (χ4n) is 2.17. The molecule has 88 valence electrons. The second kappa shape index (κ2) is 4.42. The Kier molecular flexibility index (Phi) is 3.63. The first-order valence-electron chi connectivity index (χ1n) is 5.77. The van der Waals surface area contributed by atoms with Gasteiger partial charge in [-0.25, -0.2) is 4.79 Å². The van der Waals surface area contributed by atoms with Gasteiger partial charge in [0.15, 0.2) is 0 Å². The van der Waals surface area contributed by atoms with Crippen LogP contribution in [-0.4, -0.2) is 29.7 Å². The fraction of sp³-hybridized carbons (Fsp3) is 0.917. The summed E-state index contributed by atoms with van der Waals surface area (Å²) in [5.41, 5.74) is -0.396. The second-order valence-electron chi connectivity index (χ2n) is 5.57. The number of nitrogens with zero attached hydrogens (tertiary/aromatic N) is 1. The van der Waals surface area contributed by atoms with Crippen LogP contribution < -0.4 is 0 Å². The molecule has 0 saturated heterocycles. The highest BCUT2D eigenvalue weighted by atomic mass is 16.6. The maximum atomic E-state index is 11.8. The molecule has 1 saturated carbocycles. The van der Waals surface area contributed by atoms with E-state index >= 15 is 0 Å². The molecule has 1 fully saturated rings. The monoisotopic (exact) mass is 213 g/mol. The van der Waals surface area contributed by atoms with Crippen LogP contribution in [0.4, 0.5) is 4.79 Å². The Hall–Kier alpha value is -0.730. The summed E-state index contributed by atoms with van der Waals surface area (Å²) in [7, 11) is 1.85. The number of carbonyl (C=O) groups is 1. The molecule has 1 amide bonds.